The largest absolute Gasteiger partial charge is 0.481 e. The van der Waals surface area contributed by atoms with Gasteiger partial charge in [-0.2, -0.15) is 10.2 Å². The van der Waals surface area contributed by atoms with Gasteiger partial charge in [-0.05, 0) is 31.3 Å². The summed E-state index contributed by atoms with van der Waals surface area (Å²) in [5, 5.41) is 32.7. The van der Waals surface area contributed by atoms with Crippen LogP contribution < -0.4 is 10.6 Å². The van der Waals surface area contributed by atoms with Gasteiger partial charge in [-0.15, -0.1) is 0 Å². The Morgan fingerprint density at radius 3 is 2.29 bits per heavy atom. The number of aliphatic carboxylic acids is 2. The van der Waals surface area contributed by atoms with Gasteiger partial charge in [0, 0.05) is 7.05 Å². The van der Waals surface area contributed by atoms with E-state index >= 15 is 0 Å². The van der Waals surface area contributed by atoms with Crippen LogP contribution in [0.4, 0.5) is 5.69 Å². The molecular formula is C16H18N4O4. The Labute approximate surface area is 138 Å². The Kier molecular flexibility index (Phi) is 5.10. The minimum atomic E-state index is -1.81. The van der Waals surface area contributed by atoms with Crippen LogP contribution in [-0.4, -0.2) is 41.8 Å². The molecule has 1 aromatic rings. The minimum Gasteiger partial charge on any atom is -0.481 e. The number of hydrogen-bond acceptors (Lipinski definition) is 6. The van der Waals surface area contributed by atoms with Crippen molar-refractivity contribution in [2.45, 2.75) is 5.54 Å². The molecule has 0 radical (unpaired) electrons. The number of nitrogens with one attached hydrogen (secondary N) is 2. The molecule has 0 fully saturated rings. The highest BCUT2D eigenvalue weighted by Crippen LogP contribution is 2.35. The number of nitrogens with zero attached hydrogens (tertiary/aromatic N) is 2. The SMILES string of the molecule is CNC1=C(N=Nc2ccccc2)C(C(=O)O)C(NC)(C(=O)O)C=C1. The van der Waals surface area contributed by atoms with Gasteiger partial charge in [-0.1, -0.05) is 18.2 Å². The molecule has 126 valence electrons. The highest BCUT2D eigenvalue weighted by molar-refractivity contribution is 5.92. The zero-order valence-electron chi connectivity index (χ0n) is 13.2. The molecule has 2 rings (SSSR count). The van der Waals surface area contributed by atoms with Gasteiger partial charge in [-0.25, -0.2) is 4.79 Å². The molecule has 0 saturated carbocycles. The van der Waals surface area contributed by atoms with Crippen LogP contribution in [0, 0.1) is 5.92 Å². The normalized spacial score (nSPS) is 23.5. The lowest BCUT2D eigenvalue weighted by atomic mass is 9.77. The van der Waals surface area contributed by atoms with Gasteiger partial charge in [0.05, 0.1) is 11.4 Å². The standard InChI is InChI=1S/C16H18N4O4/c1-17-11-8-9-16(18-2,15(23)24)12(14(21)22)13(11)20-19-10-6-4-3-5-7-10/h3-9,12,17-18H,1-2H3,(H,21,22)(H,23,24). The molecule has 0 amide bonds. The van der Waals surface area contributed by atoms with Crippen molar-refractivity contribution < 1.29 is 19.8 Å². The number of likely N-dealkylation sites (N-methyl/N-ethyl adjacent to an activating group) is 2. The molecule has 1 aromatic carbocycles. The number of carboxylic acid groups (broad SMARTS) is 2. The fourth-order valence-electron chi connectivity index (χ4n) is 2.54. The molecule has 2 atom stereocenters. The second-order valence-corrected chi connectivity index (χ2v) is 5.11. The third-order valence-corrected chi connectivity index (χ3v) is 3.83. The van der Waals surface area contributed by atoms with E-state index in [1.54, 1.807) is 31.3 Å². The van der Waals surface area contributed by atoms with E-state index in [9.17, 15) is 19.8 Å². The smallest absolute Gasteiger partial charge is 0.329 e. The van der Waals surface area contributed by atoms with Gasteiger partial charge in [0.25, 0.3) is 0 Å². The van der Waals surface area contributed by atoms with Crippen molar-refractivity contribution in [2.24, 2.45) is 16.1 Å². The van der Waals surface area contributed by atoms with E-state index in [-0.39, 0.29) is 5.70 Å². The predicted octanol–water partition coefficient (Wildman–Crippen LogP) is 1.51. The molecule has 24 heavy (non-hydrogen) atoms. The molecule has 0 aliphatic heterocycles. The molecule has 0 bridgehead atoms. The molecule has 0 aromatic heterocycles. The Bertz CT molecular complexity index is 727. The molecule has 2 unspecified atom stereocenters. The van der Waals surface area contributed by atoms with Crippen LogP contribution in [0.3, 0.4) is 0 Å². The summed E-state index contributed by atoms with van der Waals surface area (Å²) < 4.78 is 0. The molecular weight excluding hydrogens is 312 g/mol. The van der Waals surface area contributed by atoms with Crippen LogP contribution in [0.15, 0.2) is 64.1 Å². The minimum absolute atomic E-state index is 0.0353. The van der Waals surface area contributed by atoms with Gasteiger partial charge in [0.15, 0.2) is 5.54 Å². The third-order valence-electron chi connectivity index (χ3n) is 3.83. The topological polar surface area (TPSA) is 123 Å². The molecule has 1 aliphatic carbocycles. The summed E-state index contributed by atoms with van der Waals surface area (Å²) in [6.45, 7) is 0. The number of carbonyl (C=O) groups is 2. The quantitative estimate of drug-likeness (QED) is 0.586. The summed E-state index contributed by atoms with van der Waals surface area (Å²) >= 11 is 0. The highest BCUT2D eigenvalue weighted by atomic mass is 16.4. The van der Waals surface area contributed by atoms with Crippen LogP contribution >= 0.6 is 0 Å². The van der Waals surface area contributed by atoms with Gasteiger partial charge in [0.2, 0.25) is 0 Å². The molecule has 0 spiro atoms. The Morgan fingerprint density at radius 1 is 1.12 bits per heavy atom. The average Bonchev–Trinajstić information content (AvgIpc) is 2.59. The number of carboxylic acids is 2. The molecule has 4 N–H and O–H groups in total. The van der Waals surface area contributed by atoms with Gasteiger partial charge in [-0.3, -0.25) is 4.79 Å². The van der Waals surface area contributed by atoms with E-state index in [1.165, 1.54) is 19.2 Å². The van der Waals surface area contributed by atoms with E-state index < -0.39 is 23.4 Å². The van der Waals surface area contributed by atoms with Crippen molar-refractivity contribution in [1.29, 1.82) is 0 Å². The molecule has 8 heteroatoms. The van der Waals surface area contributed by atoms with E-state index in [0.717, 1.165) is 0 Å². The number of hydrogen-bond donors (Lipinski definition) is 4. The van der Waals surface area contributed by atoms with Crippen molar-refractivity contribution >= 4 is 17.6 Å². The van der Waals surface area contributed by atoms with Crippen LogP contribution in [0.2, 0.25) is 0 Å². The first kappa shape index (κ1) is 17.4. The van der Waals surface area contributed by atoms with Crippen LogP contribution in [-0.2, 0) is 9.59 Å². The van der Waals surface area contributed by atoms with E-state index in [0.29, 0.717) is 11.4 Å². The predicted molar refractivity (Wildman–Crippen MR) is 86.7 cm³/mol. The zero-order valence-corrected chi connectivity index (χ0v) is 13.2. The van der Waals surface area contributed by atoms with E-state index in [2.05, 4.69) is 20.9 Å². The second kappa shape index (κ2) is 7.05. The number of allylic oxidation sites excluding steroid dienone is 1. The number of azo groups is 1. The first-order valence-electron chi connectivity index (χ1n) is 7.19. The number of rotatable bonds is 6. The summed E-state index contributed by atoms with van der Waals surface area (Å²) in [6.07, 6.45) is 2.80. The maximum absolute atomic E-state index is 11.8. The zero-order chi connectivity index (χ0) is 17.7. The van der Waals surface area contributed by atoms with Crippen molar-refractivity contribution in [3.63, 3.8) is 0 Å². The molecule has 0 heterocycles. The molecule has 8 nitrogen and oxygen atoms in total. The fraction of sp³-hybridized carbons (Fsp3) is 0.250. The van der Waals surface area contributed by atoms with Crippen LogP contribution in [0.25, 0.3) is 0 Å². The summed E-state index contributed by atoms with van der Waals surface area (Å²) in [7, 11) is 2.99. The summed E-state index contributed by atoms with van der Waals surface area (Å²) in [5.74, 6) is -4.07. The Hall–Kier alpha value is -3.00. The van der Waals surface area contributed by atoms with Crippen LogP contribution in [0.5, 0.6) is 0 Å². The highest BCUT2D eigenvalue weighted by Gasteiger charge is 2.51. The van der Waals surface area contributed by atoms with Crippen molar-refractivity contribution in [2.75, 3.05) is 14.1 Å². The Balaban J connectivity index is 2.56. The maximum atomic E-state index is 11.8. The Morgan fingerprint density at radius 2 is 1.79 bits per heavy atom. The van der Waals surface area contributed by atoms with E-state index in [1.807, 2.05) is 6.07 Å². The van der Waals surface area contributed by atoms with Gasteiger partial charge < -0.3 is 20.8 Å². The van der Waals surface area contributed by atoms with Gasteiger partial charge in [0.1, 0.15) is 11.6 Å². The lowest BCUT2D eigenvalue weighted by Gasteiger charge is -2.35. The van der Waals surface area contributed by atoms with Crippen molar-refractivity contribution in [1.82, 2.24) is 10.6 Å². The fourth-order valence-corrected chi connectivity index (χ4v) is 2.54. The third kappa shape index (κ3) is 3.04. The lowest BCUT2D eigenvalue weighted by molar-refractivity contribution is -0.153. The number of benzene rings is 1. The van der Waals surface area contributed by atoms with E-state index in [4.69, 9.17) is 0 Å². The molecule has 0 saturated heterocycles. The van der Waals surface area contributed by atoms with Crippen LogP contribution in [0.1, 0.15) is 0 Å². The first-order chi connectivity index (χ1) is 11.5. The summed E-state index contributed by atoms with van der Waals surface area (Å²) in [5.41, 5.74) is -0.844. The maximum Gasteiger partial charge on any atom is 0.329 e. The summed E-state index contributed by atoms with van der Waals surface area (Å²) in [6, 6.07) is 8.77. The van der Waals surface area contributed by atoms with Crippen molar-refractivity contribution in [3.05, 3.63) is 53.9 Å². The monoisotopic (exact) mass is 330 g/mol. The second-order valence-electron chi connectivity index (χ2n) is 5.11. The first-order valence-corrected chi connectivity index (χ1v) is 7.19. The average molecular weight is 330 g/mol. The lowest BCUT2D eigenvalue weighted by Crippen LogP contribution is -2.58. The summed E-state index contributed by atoms with van der Waals surface area (Å²) in [4.78, 5) is 23.6. The van der Waals surface area contributed by atoms with Gasteiger partial charge >= 0.3 is 11.9 Å². The molecule has 1 aliphatic rings. The van der Waals surface area contributed by atoms with Crippen molar-refractivity contribution in [3.8, 4) is 0 Å².